The van der Waals surface area contributed by atoms with Crippen molar-refractivity contribution in [3.8, 4) is 0 Å². The predicted molar refractivity (Wildman–Crippen MR) is 202 cm³/mol. The van der Waals surface area contributed by atoms with E-state index in [-0.39, 0.29) is 0 Å². The summed E-state index contributed by atoms with van der Waals surface area (Å²) in [5.41, 5.74) is 9.96. The number of hydrogen-bond donors (Lipinski definition) is 0. The minimum Gasteiger partial charge on any atom is -0.315 e. The van der Waals surface area contributed by atoms with Crippen molar-refractivity contribution in [1.29, 1.82) is 0 Å². The van der Waals surface area contributed by atoms with Crippen LogP contribution in [0.15, 0.2) is 194 Å². The van der Waals surface area contributed by atoms with Crippen LogP contribution in [0, 0.1) is 0 Å². The second-order valence-corrected chi connectivity index (χ2v) is 11.4. The van der Waals surface area contributed by atoms with E-state index in [0.717, 1.165) is 63.7 Å². The molecule has 2 nitrogen and oxygen atoms in total. The number of para-hydroxylation sites is 2. The first-order valence-electron chi connectivity index (χ1n) is 15.7. The van der Waals surface area contributed by atoms with Gasteiger partial charge in [0.2, 0.25) is 0 Å². The summed E-state index contributed by atoms with van der Waals surface area (Å²) in [6.07, 6.45) is 11.8. The first kappa shape index (κ1) is 31.8. The minimum absolute atomic E-state index is 0.789. The molecule has 46 heavy (non-hydrogen) atoms. The maximum absolute atomic E-state index is 4.54. The van der Waals surface area contributed by atoms with E-state index < -0.39 is 0 Å². The number of fused-ring (bicyclic) bond motifs is 1. The third kappa shape index (κ3) is 7.91. The van der Waals surface area contributed by atoms with Crippen molar-refractivity contribution in [2.75, 3.05) is 9.80 Å². The van der Waals surface area contributed by atoms with Crippen molar-refractivity contribution in [3.63, 3.8) is 0 Å². The monoisotopic (exact) mass is 598 g/mol. The normalized spacial score (nSPS) is 11.9. The van der Waals surface area contributed by atoms with Crippen molar-refractivity contribution in [2.45, 2.75) is 26.7 Å². The Morgan fingerprint density at radius 2 is 1.15 bits per heavy atom. The summed E-state index contributed by atoms with van der Waals surface area (Å²) in [6.45, 7) is 17.1. The van der Waals surface area contributed by atoms with Gasteiger partial charge < -0.3 is 9.80 Å². The second-order valence-electron chi connectivity index (χ2n) is 11.4. The van der Waals surface area contributed by atoms with E-state index in [1.807, 2.05) is 18.2 Å². The van der Waals surface area contributed by atoms with Gasteiger partial charge in [0.1, 0.15) is 0 Å². The van der Waals surface area contributed by atoms with E-state index in [1.54, 1.807) is 6.08 Å². The largest absolute Gasteiger partial charge is 0.315 e. The third-order valence-electron chi connectivity index (χ3n) is 8.11. The van der Waals surface area contributed by atoms with Crippen LogP contribution in [-0.4, -0.2) is 0 Å². The second kappa shape index (κ2) is 15.4. The number of benzene rings is 5. The quantitative estimate of drug-likeness (QED) is 0.124. The van der Waals surface area contributed by atoms with E-state index in [0.29, 0.717) is 0 Å². The van der Waals surface area contributed by atoms with Crippen LogP contribution in [-0.2, 0) is 0 Å². The van der Waals surface area contributed by atoms with Crippen molar-refractivity contribution < 1.29 is 0 Å². The molecule has 0 N–H and O–H groups in total. The molecule has 0 spiro atoms. The zero-order valence-corrected chi connectivity index (χ0v) is 26.9. The first-order valence-corrected chi connectivity index (χ1v) is 15.7. The van der Waals surface area contributed by atoms with Crippen LogP contribution in [0.25, 0.3) is 16.8 Å². The molecule has 0 aliphatic rings. The molecule has 0 fully saturated rings. The Kier molecular flexibility index (Phi) is 10.7. The molecular formula is C44H42N2. The highest BCUT2D eigenvalue weighted by molar-refractivity contribution is 5.87. The molecule has 0 saturated heterocycles. The van der Waals surface area contributed by atoms with Crippen LogP contribution in [0.5, 0.6) is 0 Å². The average Bonchev–Trinajstić information content (AvgIpc) is 3.10. The fourth-order valence-corrected chi connectivity index (χ4v) is 5.50. The Morgan fingerprint density at radius 3 is 1.80 bits per heavy atom. The minimum atomic E-state index is 0.789. The maximum atomic E-state index is 4.54. The first-order chi connectivity index (χ1) is 22.4. The van der Waals surface area contributed by atoms with Crippen molar-refractivity contribution in [1.82, 2.24) is 0 Å². The van der Waals surface area contributed by atoms with E-state index in [9.17, 15) is 0 Å². The Bertz CT molecular complexity index is 1890. The molecule has 0 aliphatic heterocycles. The molecule has 0 unspecified atom stereocenters. The highest BCUT2D eigenvalue weighted by atomic mass is 15.1. The lowest BCUT2D eigenvalue weighted by atomic mass is 10.0. The van der Waals surface area contributed by atoms with Gasteiger partial charge in [0.15, 0.2) is 0 Å². The standard InChI is InChI=1S/C44H42N2/c1-6-7-16-38-27-30-43(31-28-38)45(41-19-10-8-11-20-41)36(4)25-23-34(2)35(3)24-26-37(5)46(42-21-12-9-13-22-42)44-32-29-39-17-14-15-18-40(39)33-44/h6-23,25,27-33H,1,3,5,24,26H2,2,4H3/b16-7-,34-23+,36-25+. The molecule has 2 heteroatoms. The summed E-state index contributed by atoms with van der Waals surface area (Å²) < 4.78 is 0. The zero-order chi connectivity index (χ0) is 32.3. The average molecular weight is 599 g/mol. The van der Waals surface area contributed by atoms with Crippen molar-refractivity contribution in [3.05, 3.63) is 200 Å². The third-order valence-corrected chi connectivity index (χ3v) is 8.11. The van der Waals surface area contributed by atoms with Gasteiger partial charge in [-0.2, -0.15) is 0 Å². The maximum Gasteiger partial charge on any atom is 0.0464 e. The van der Waals surface area contributed by atoms with E-state index in [2.05, 4.69) is 177 Å². The fourth-order valence-electron chi connectivity index (χ4n) is 5.50. The molecule has 228 valence electrons. The molecule has 0 bridgehead atoms. The van der Waals surface area contributed by atoms with Gasteiger partial charge in [-0.25, -0.2) is 0 Å². The Labute approximate surface area is 275 Å². The van der Waals surface area contributed by atoms with Crippen LogP contribution in [0.3, 0.4) is 0 Å². The van der Waals surface area contributed by atoms with E-state index in [4.69, 9.17) is 0 Å². The summed E-state index contributed by atoms with van der Waals surface area (Å²) >= 11 is 0. The van der Waals surface area contributed by atoms with Crippen molar-refractivity contribution >= 4 is 39.6 Å². The highest BCUT2D eigenvalue weighted by Crippen LogP contribution is 2.34. The van der Waals surface area contributed by atoms with Gasteiger partial charge in [-0.1, -0.05) is 128 Å². The lowest BCUT2D eigenvalue weighted by molar-refractivity contribution is 0.905. The Hall–Kier alpha value is -5.60. The summed E-state index contributed by atoms with van der Waals surface area (Å²) in [5.74, 6) is 0. The molecule has 5 rings (SSSR count). The van der Waals surface area contributed by atoms with Gasteiger partial charge in [0, 0.05) is 34.1 Å². The van der Waals surface area contributed by atoms with Gasteiger partial charge in [-0.05, 0) is 103 Å². The lowest BCUT2D eigenvalue weighted by Crippen LogP contribution is -2.15. The van der Waals surface area contributed by atoms with Gasteiger partial charge >= 0.3 is 0 Å². The van der Waals surface area contributed by atoms with Crippen LogP contribution in [0.2, 0.25) is 0 Å². The summed E-state index contributed by atoms with van der Waals surface area (Å²) in [7, 11) is 0. The molecule has 0 aromatic heterocycles. The molecule has 0 saturated carbocycles. The number of anilines is 4. The van der Waals surface area contributed by atoms with E-state index in [1.165, 1.54) is 10.8 Å². The van der Waals surface area contributed by atoms with Crippen molar-refractivity contribution in [2.24, 2.45) is 0 Å². The summed E-state index contributed by atoms with van der Waals surface area (Å²) in [4.78, 5) is 4.54. The Morgan fingerprint density at radius 1 is 0.587 bits per heavy atom. The highest BCUT2D eigenvalue weighted by Gasteiger charge is 2.15. The summed E-state index contributed by atoms with van der Waals surface area (Å²) in [5, 5.41) is 2.44. The molecular weight excluding hydrogens is 556 g/mol. The molecule has 0 amide bonds. The smallest absolute Gasteiger partial charge is 0.0464 e. The van der Waals surface area contributed by atoms with Gasteiger partial charge in [-0.3, -0.25) is 0 Å². The zero-order valence-electron chi connectivity index (χ0n) is 26.9. The van der Waals surface area contributed by atoms with Crippen LogP contribution in [0.4, 0.5) is 22.7 Å². The fraction of sp³-hybridized carbons (Fsp3) is 0.0909. The van der Waals surface area contributed by atoms with Crippen LogP contribution < -0.4 is 9.80 Å². The molecule has 0 atom stereocenters. The number of allylic oxidation sites excluding steroid dienone is 8. The number of rotatable bonds is 13. The topological polar surface area (TPSA) is 6.48 Å². The molecule has 0 aliphatic carbocycles. The van der Waals surface area contributed by atoms with E-state index >= 15 is 0 Å². The van der Waals surface area contributed by atoms with Gasteiger partial charge in [0.25, 0.3) is 0 Å². The Balaban J connectivity index is 1.33. The van der Waals surface area contributed by atoms with Gasteiger partial charge in [-0.15, -0.1) is 0 Å². The predicted octanol–water partition coefficient (Wildman–Crippen LogP) is 12.7. The number of nitrogens with zero attached hydrogens (tertiary/aromatic N) is 2. The van der Waals surface area contributed by atoms with Crippen LogP contribution >= 0.6 is 0 Å². The number of hydrogen-bond acceptors (Lipinski definition) is 2. The molecule has 0 radical (unpaired) electrons. The summed E-state index contributed by atoms with van der Waals surface area (Å²) in [6, 6.07) is 44.6. The van der Waals surface area contributed by atoms with Gasteiger partial charge in [0.05, 0.1) is 0 Å². The van der Waals surface area contributed by atoms with Crippen LogP contribution in [0.1, 0.15) is 32.3 Å². The molecule has 5 aromatic carbocycles. The molecule has 0 heterocycles. The lowest BCUT2D eigenvalue weighted by Gasteiger charge is -2.28. The molecule has 5 aromatic rings. The SMILES string of the molecule is C=C/C=C\c1ccc(N(/C(C)=C/C=C(\C)C(=C)CCC(=C)N(c2ccccc2)c2ccc3ccccc3c2)c2ccccc2)cc1.